The molecule has 0 aliphatic carbocycles. The van der Waals surface area contributed by atoms with E-state index in [1.54, 1.807) is 48.5 Å². The Kier molecular flexibility index (Phi) is 48.6. The van der Waals surface area contributed by atoms with Crippen molar-refractivity contribution in [1.82, 2.24) is 51.0 Å². The minimum Gasteiger partial charge on any atom is -0.508 e. The van der Waals surface area contributed by atoms with Crippen LogP contribution in [0.1, 0.15) is 130 Å². The summed E-state index contributed by atoms with van der Waals surface area (Å²) in [5, 5.41) is 72.0. The summed E-state index contributed by atoms with van der Waals surface area (Å²) in [6, 6.07) is 52.8. The fourth-order valence-corrected chi connectivity index (χ4v) is 12.3. The van der Waals surface area contributed by atoms with Gasteiger partial charge in [0, 0.05) is 94.8 Å². The number of ether oxygens (including phenoxy) is 4. The fourth-order valence-electron chi connectivity index (χ4n) is 11.2. The molecule has 8 heterocycles. The van der Waals surface area contributed by atoms with Crippen LogP contribution in [0.3, 0.4) is 0 Å². The molecule has 0 saturated carbocycles. The van der Waals surface area contributed by atoms with Crippen LogP contribution in [0.5, 0.6) is 28.7 Å². The summed E-state index contributed by atoms with van der Waals surface area (Å²) in [5.74, 6) is 4.52. The van der Waals surface area contributed by atoms with Crippen LogP contribution in [0.25, 0.3) is 33.8 Å². The first-order chi connectivity index (χ1) is 60.2. The largest absolute Gasteiger partial charge is 0.508 e. The lowest BCUT2D eigenvalue weighted by Crippen LogP contribution is -2.41. The molecule has 9 aromatic rings. The SMILES string of the molecule is CC1(C)OB(c2ccc(O)cc2)OC1(C)C.CS(=O)(=O)Cl.C[C@@H](CO)CBr.C[C@@H](CO)COc1ccc(-c2ccc(Cl)nn2)cc1.C[C@@H](CO)COc1ccc(B2OC(C)(C)C(C)(C)O2)cc1.C[C@@H]1CCCN1.C[C@H](COc1ccc(-c2ccc(Cl)nn2)cc1)CN1CCC[C@H]1C.C[C@H](COc1ccc(-c2ccc(Cl)nn2)cc1)COS(C)(=O)=O.Clc1ccc(Cl)nn1. The van der Waals surface area contributed by atoms with Crippen LogP contribution in [0.2, 0.25) is 25.8 Å². The molecule has 4 fully saturated rings. The Morgan fingerprint density at radius 2 is 0.750 bits per heavy atom. The van der Waals surface area contributed by atoms with Gasteiger partial charge in [-0.2, -0.15) is 8.42 Å². The van der Waals surface area contributed by atoms with Crippen molar-refractivity contribution in [2.45, 2.75) is 164 Å². The maximum atomic E-state index is 10.9. The van der Waals surface area contributed by atoms with Gasteiger partial charge in [-0.25, -0.2) is 8.42 Å². The van der Waals surface area contributed by atoms with E-state index in [9.17, 15) is 21.9 Å². The van der Waals surface area contributed by atoms with Crippen molar-refractivity contribution < 1.29 is 79.0 Å². The minimum absolute atomic E-state index is 0.0495. The third kappa shape index (κ3) is 43.3. The van der Waals surface area contributed by atoms with Gasteiger partial charge in [-0.05, 0) is 270 Å². The monoisotopic (exact) mass is 1990 g/mol. The smallest absolute Gasteiger partial charge is 0.494 e. The van der Waals surface area contributed by atoms with E-state index in [2.05, 4.69) is 98.4 Å². The minimum atomic E-state index is -3.42. The zero-order valence-corrected chi connectivity index (χ0v) is 83.5. The number of benzene rings is 5. The summed E-state index contributed by atoms with van der Waals surface area (Å²) in [6.07, 6.45) is 7.35. The molecule has 4 saturated heterocycles. The second-order valence-electron chi connectivity index (χ2n) is 33.4. The number of aliphatic hydroxyl groups excluding tert-OH is 3. The van der Waals surface area contributed by atoms with Gasteiger partial charge in [-0.3, -0.25) is 4.18 Å². The Labute approximate surface area is 795 Å². The molecule has 4 aliphatic heterocycles. The predicted molar refractivity (Wildman–Crippen MR) is 517 cm³/mol. The number of aliphatic hydroxyl groups is 3. The van der Waals surface area contributed by atoms with Gasteiger partial charge in [-0.15, -0.1) is 40.8 Å². The van der Waals surface area contributed by atoms with Crippen LogP contribution in [-0.2, 0) is 42.0 Å². The van der Waals surface area contributed by atoms with Crippen LogP contribution in [0, 0.1) is 29.6 Å². The maximum absolute atomic E-state index is 10.9. The van der Waals surface area contributed by atoms with Crippen molar-refractivity contribution in [1.29, 1.82) is 0 Å². The number of halogens is 7. The Morgan fingerprint density at radius 3 is 1.00 bits per heavy atom. The van der Waals surface area contributed by atoms with Crippen LogP contribution in [0.4, 0.5) is 0 Å². The summed E-state index contributed by atoms with van der Waals surface area (Å²) in [6.45, 7) is 37.1. The molecule has 128 heavy (non-hydrogen) atoms. The Hall–Kier alpha value is -6.73. The zero-order valence-electron chi connectivity index (χ0n) is 75.8. The van der Waals surface area contributed by atoms with E-state index in [0.29, 0.717) is 69.2 Å². The molecule has 0 spiro atoms. The molecule has 0 amide bonds. The molecule has 4 aliphatic rings. The van der Waals surface area contributed by atoms with Crippen molar-refractivity contribution >= 4 is 129 Å². The van der Waals surface area contributed by atoms with Gasteiger partial charge in [0.15, 0.2) is 25.8 Å². The van der Waals surface area contributed by atoms with Gasteiger partial charge in [0.1, 0.15) is 28.7 Å². The molecule has 27 nitrogen and oxygen atoms in total. The van der Waals surface area contributed by atoms with Crippen LogP contribution in [-0.4, -0.2) is 222 Å². The number of likely N-dealkylation sites (tertiary alicyclic amines) is 1. The summed E-state index contributed by atoms with van der Waals surface area (Å²) < 4.78 is 91.9. The van der Waals surface area contributed by atoms with Gasteiger partial charge in [0.05, 0.1) is 85.0 Å². The van der Waals surface area contributed by atoms with E-state index in [1.807, 2.05) is 204 Å². The number of hydrogen-bond donors (Lipinski definition) is 5. The van der Waals surface area contributed by atoms with Crippen molar-refractivity contribution in [2.75, 3.05) is 90.3 Å². The van der Waals surface area contributed by atoms with E-state index < -0.39 is 19.2 Å². The van der Waals surface area contributed by atoms with E-state index in [0.717, 1.165) is 99.0 Å². The lowest BCUT2D eigenvalue weighted by atomic mass is 9.79. The highest BCUT2D eigenvalue weighted by molar-refractivity contribution is 9.09. The molecule has 4 aromatic heterocycles. The predicted octanol–water partition coefficient (Wildman–Crippen LogP) is 17.3. The average Bonchev–Trinajstić information content (AvgIpc) is 1.63. The van der Waals surface area contributed by atoms with E-state index in [-0.39, 0.29) is 86.6 Å². The van der Waals surface area contributed by atoms with Crippen molar-refractivity contribution in [2.24, 2.45) is 29.6 Å². The van der Waals surface area contributed by atoms with Gasteiger partial charge in [0.25, 0.3) is 10.1 Å². The lowest BCUT2D eigenvalue weighted by Gasteiger charge is -2.32. The second kappa shape index (κ2) is 55.7. The summed E-state index contributed by atoms with van der Waals surface area (Å²) in [7, 11) is -2.81. The highest BCUT2D eigenvalue weighted by Crippen LogP contribution is 2.38. The molecule has 5 aromatic carbocycles. The van der Waals surface area contributed by atoms with E-state index in [1.165, 1.54) is 38.8 Å². The Morgan fingerprint density at radius 1 is 0.445 bits per heavy atom. The van der Waals surface area contributed by atoms with Gasteiger partial charge in [0.2, 0.25) is 9.05 Å². The normalized spacial score (nSPS) is 17.4. The molecular weight excluding hydrogens is 1870 g/mol. The van der Waals surface area contributed by atoms with Gasteiger partial charge < -0.3 is 68.2 Å². The number of phenolic OH excluding ortho intramolecular Hbond substituents is 1. The van der Waals surface area contributed by atoms with E-state index >= 15 is 0 Å². The Bertz CT molecular complexity index is 4800. The molecule has 0 bridgehead atoms. The first-order valence-corrected chi connectivity index (χ1v) is 49.4. The summed E-state index contributed by atoms with van der Waals surface area (Å²) >= 11 is 31.1. The number of nitrogens with one attached hydrogen (secondary N) is 1. The molecule has 0 radical (unpaired) electrons. The summed E-state index contributed by atoms with van der Waals surface area (Å²) in [4.78, 5) is 2.57. The fraction of sp³-hybridized carbons (Fsp3) is 0.489. The third-order valence-electron chi connectivity index (χ3n) is 20.2. The second-order valence-corrected chi connectivity index (χ2v) is 40.7. The number of rotatable bonds is 26. The first-order valence-electron chi connectivity index (χ1n) is 41.8. The van der Waals surface area contributed by atoms with Gasteiger partial charge in [-0.1, -0.05) is 133 Å². The number of aromatic nitrogens is 8. The lowest BCUT2D eigenvalue weighted by molar-refractivity contribution is 0.00578. The number of aromatic hydroxyl groups is 1. The van der Waals surface area contributed by atoms with Crippen molar-refractivity contribution in [3.63, 3.8) is 0 Å². The molecule has 38 heteroatoms. The number of alkyl halides is 1. The van der Waals surface area contributed by atoms with Crippen LogP contribution < -0.4 is 35.2 Å². The quantitative estimate of drug-likeness (QED) is 0.0145. The van der Waals surface area contributed by atoms with Crippen molar-refractivity contribution in [3.05, 3.63) is 196 Å². The van der Waals surface area contributed by atoms with E-state index in [4.69, 9.17) is 115 Å². The van der Waals surface area contributed by atoms with Crippen LogP contribution >= 0.6 is 84.6 Å². The van der Waals surface area contributed by atoms with Gasteiger partial charge >= 0.3 is 14.2 Å². The highest BCUT2D eigenvalue weighted by Gasteiger charge is 2.53. The average molecular weight is 2000 g/mol. The topological polar surface area (TPSA) is 351 Å². The van der Waals surface area contributed by atoms with Crippen LogP contribution in [0.15, 0.2) is 170 Å². The number of hydrogen-bond acceptors (Lipinski definition) is 27. The third-order valence-corrected chi connectivity index (χ3v) is 22.9. The summed E-state index contributed by atoms with van der Waals surface area (Å²) in [5.41, 5.74) is 5.75. The standard InChI is InChI=1S/C19H24ClN3O.C16H25BO4.C15H17ClN2O4S.C14H15ClN2O2.C12H17BO3.C5H11N.C4H9BrO.C4H2Cl2N2.CH3ClO2S/c1-14(12-23-11-3-4-15(23)2)13-24-17-7-5-16(6-8-17)18-9-10-19(20)22-21-18;1-12(10-18)11-19-14-8-6-13(7-9-14)17-20-15(2,3)16(4,5)21-17;1-11(10-22-23(2,19)20)9-21-13-5-3-12(4-6-13)14-7-8-15(16)18-17-14;1-10(8-18)9-19-12-4-2-11(3-5-12)13-6-7-14(15)17-16-13;1-11(2)12(3,4)16-13(15-11)9-5-7-10(14)8-6-9;1-5-3-2-4-6-5;1-4(2-5)3-6;5-3-1-2-4(6)8-7-3;1-5(2,3)4/h5-10,14-15H,3-4,11-13H2,1-2H3;6-9,12,18H,10-11H2,1-5H3;3-8,11H,9-10H2,1-2H3;2-7,10,18H,8-9H2,1H3;5-8,14H,1-4H3;5-6H,2-4H2,1H3;4,6H,2-3H2,1H3;1-2H;1H3/t14-,15+;12-;11-;10-;;5-;4-;;/m0010.11../s1. The zero-order chi connectivity index (χ0) is 95.0. The number of phenols is 1. The maximum Gasteiger partial charge on any atom is 0.494 e. The molecule has 7 atom stereocenters. The molecule has 5 N–H and O–H groups in total. The van der Waals surface area contributed by atoms with Crippen molar-refractivity contribution in [3.8, 4) is 62.5 Å². The highest BCUT2D eigenvalue weighted by atomic mass is 79.9. The first kappa shape index (κ1) is 112. The molecular formula is C90H123B2BrCl6N10O17S2. The molecule has 0 unspecified atom stereocenters. The molecule has 13 rings (SSSR count). The molecule has 702 valence electrons. The number of nitrogens with zero attached hydrogens (tertiary/aromatic N) is 9. The Balaban J connectivity index is 0.000000266.